The molecule has 1 saturated carbocycles. The topological polar surface area (TPSA) is 21.3 Å². The highest BCUT2D eigenvalue weighted by atomic mass is 19.1. The molecule has 0 radical (unpaired) electrons. The van der Waals surface area contributed by atoms with E-state index in [1.807, 2.05) is 12.1 Å². The van der Waals surface area contributed by atoms with E-state index in [1.165, 1.54) is 25.7 Å². The average Bonchev–Trinajstić information content (AvgIpc) is 3.23. The lowest BCUT2D eigenvalue weighted by molar-refractivity contribution is 0.114. The number of hydrogen-bond donors (Lipinski definition) is 1. The third-order valence-electron chi connectivity index (χ3n) is 3.43. The second kappa shape index (κ2) is 7.61. The zero-order valence-corrected chi connectivity index (χ0v) is 11.8. The van der Waals surface area contributed by atoms with Crippen LogP contribution in [0.3, 0.4) is 0 Å². The standard InChI is InChI=1S/C16H24FNO/c1-2-3-4-9-19-12-14-10-13(5-8-16(14)17)11-18-15-6-7-15/h5,8,10,15,18H,2-4,6-7,9,11-12H2,1H3. The van der Waals surface area contributed by atoms with Gasteiger partial charge in [0.15, 0.2) is 0 Å². The molecule has 2 rings (SSSR count). The van der Waals surface area contributed by atoms with Gasteiger partial charge in [0, 0.05) is 24.8 Å². The van der Waals surface area contributed by atoms with Crippen LogP contribution in [0.4, 0.5) is 4.39 Å². The largest absolute Gasteiger partial charge is 0.377 e. The van der Waals surface area contributed by atoms with Crippen molar-refractivity contribution in [2.75, 3.05) is 6.61 Å². The van der Waals surface area contributed by atoms with Gasteiger partial charge in [-0.15, -0.1) is 0 Å². The molecule has 0 spiro atoms. The van der Waals surface area contributed by atoms with Crippen LogP contribution in [-0.4, -0.2) is 12.6 Å². The van der Waals surface area contributed by atoms with Gasteiger partial charge in [-0.3, -0.25) is 0 Å². The summed E-state index contributed by atoms with van der Waals surface area (Å²) in [6.07, 6.45) is 5.96. The maximum absolute atomic E-state index is 13.7. The van der Waals surface area contributed by atoms with Crippen LogP contribution >= 0.6 is 0 Å². The highest BCUT2D eigenvalue weighted by Crippen LogP contribution is 2.20. The van der Waals surface area contributed by atoms with E-state index < -0.39 is 0 Å². The van der Waals surface area contributed by atoms with Gasteiger partial charge in [-0.1, -0.05) is 25.8 Å². The lowest BCUT2D eigenvalue weighted by Crippen LogP contribution is -2.15. The molecule has 2 nitrogen and oxygen atoms in total. The Balaban J connectivity index is 1.78. The van der Waals surface area contributed by atoms with Crippen molar-refractivity contribution in [2.24, 2.45) is 0 Å². The van der Waals surface area contributed by atoms with E-state index in [0.29, 0.717) is 18.2 Å². The molecule has 1 fully saturated rings. The summed E-state index contributed by atoms with van der Waals surface area (Å²) in [6, 6.07) is 6.00. The Labute approximate surface area is 115 Å². The van der Waals surface area contributed by atoms with Gasteiger partial charge in [-0.25, -0.2) is 4.39 Å². The summed E-state index contributed by atoms with van der Waals surface area (Å²) in [7, 11) is 0. The number of unbranched alkanes of at least 4 members (excludes halogenated alkanes) is 2. The van der Waals surface area contributed by atoms with Crippen molar-refractivity contribution in [1.29, 1.82) is 0 Å². The molecular formula is C16H24FNO. The number of benzene rings is 1. The highest BCUT2D eigenvalue weighted by molar-refractivity contribution is 5.24. The minimum Gasteiger partial charge on any atom is -0.377 e. The molecule has 0 heterocycles. The first-order chi connectivity index (χ1) is 9.29. The molecule has 106 valence electrons. The first-order valence-corrected chi connectivity index (χ1v) is 7.38. The van der Waals surface area contributed by atoms with Crippen LogP contribution < -0.4 is 5.32 Å². The average molecular weight is 265 g/mol. The summed E-state index contributed by atoms with van der Waals surface area (Å²) in [6.45, 7) is 4.09. The molecule has 0 unspecified atom stereocenters. The van der Waals surface area contributed by atoms with Gasteiger partial charge in [-0.05, 0) is 37.0 Å². The van der Waals surface area contributed by atoms with E-state index in [-0.39, 0.29) is 5.82 Å². The highest BCUT2D eigenvalue weighted by Gasteiger charge is 2.20. The van der Waals surface area contributed by atoms with Crippen LogP contribution in [0, 0.1) is 5.82 Å². The molecule has 0 amide bonds. The van der Waals surface area contributed by atoms with Crippen molar-refractivity contribution in [3.63, 3.8) is 0 Å². The van der Waals surface area contributed by atoms with Gasteiger partial charge in [0.25, 0.3) is 0 Å². The lowest BCUT2D eigenvalue weighted by atomic mass is 10.1. The molecule has 3 heteroatoms. The summed E-state index contributed by atoms with van der Waals surface area (Å²) in [5.41, 5.74) is 1.81. The fraction of sp³-hybridized carbons (Fsp3) is 0.625. The first kappa shape index (κ1) is 14.5. The molecule has 0 bridgehead atoms. The Morgan fingerprint density at radius 3 is 2.89 bits per heavy atom. The molecule has 0 atom stereocenters. The quantitative estimate of drug-likeness (QED) is 0.686. The van der Waals surface area contributed by atoms with Crippen LogP contribution in [0.1, 0.15) is 50.2 Å². The SMILES string of the molecule is CCCCCOCc1cc(CNC2CC2)ccc1F. The predicted octanol–water partition coefficient (Wildman–Crippen LogP) is 3.78. The van der Waals surface area contributed by atoms with Gasteiger partial charge in [0.05, 0.1) is 6.61 Å². The zero-order valence-electron chi connectivity index (χ0n) is 11.8. The monoisotopic (exact) mass is 265 g/mol. The summed E-state index contributed by atoms with van der Waals surface area (Å²) < 4.78 is 19.2. The Morgan fingerprint density at radius 1 is 1.32 bits per heavy atom. The van der Waals surface area contributed by atoms with Gasteiger partial charge in [0.1, 0.15) is 5.82 Å². The molecule has 0 aromatic heterocycles. The summed E-state index contributed by atoms with van der Waals surface area (Å²) in [4.78, 5) is 0. The molecule has 1 aromatic rings. The van der Waals surface area contributed by atoms with E-state index in [0.717, 1.165) is 25.1 Å². The zero-order chi connectivity index (χ0) is 13.5. The molecule has 1 aliphatic carbocycles. The molecule has 0 aliphatic heterocycles. The first-order valence-electron chi connectivity index (χ1n) is 7.38. The van der Waals surface area contributed by atoms with Crippen LogP contribution in [0.25, 0.3) is 0 Å². The maximum atomic E-state index is 13.7. The van der Waals surface area contributed by atoms with Crippen LogP contribution in [-0.2, 0) is 17.9 Å². The number of hydrogen-bond acceptors (Lipinski definition) is 2. The molecule has 0 saturated heterocycles. The van der Waals surface area contributed by atoms with Gasteiger partial charge < -0.3 is 10.1 Å². The van der Waals surface area contributed by atoms with Crippen LogP contribution in [0.15, 0.2) is 18.2 Å². The number of nitrogens with one attached hydrogen (secondary N) is 1. The number of rotatable bonds is 9. The van der Waals surface area contributed by atoms with Crippen LogP contribution in [0.5, 0.6) is 0 Å². The molecule has 19 heavy (non-hydrogen) atoms. The Hall–Kier alpha value is -0.930. The van der Waals surface area contributed by atoms with Crippen molar-refractivity contribution in [1.82, 2.24) is 5.32 Å². The van der Waals surface area contributed by atoms with E-state index in [2.05, 4.69) is 12.2 Å². The van der Waals surface area contributed by atoms with Gasteiger partial charge >= 0.3 is 0 Å². The number of halogens is 1. The van der Waals surface area contributed by atoms with Crippen molar-refractivity contribution < 1.29 is 9.13 Å². The third kappa shape index (κ3) is 5.29. The third-order valence-corrected chi connectivity index (χ3v) is 3.43. The normalized spacial score (nSPS) is 14.8. The van der Waals surface area contributed by atoms with E-state index >= 15 is 0 Å². The summed E-state index contributed by atoms with van der Waals surface area (Å²) in [5, 5.41) is 3.44. The molecule has 1 aromatic carbocycles. The second-order valence-corrected chi connectivity index (χ2v) is 5.34. The van der Waals surface area contributed by atoms with Gasteiger partial charge in [0.2, 0.25) is 0 Å². The maximum Gasteiger partial charge on any atom is 0.128 e. The number of ether oxygens (including phenoxy) is 1. The molecular weight excluding hydrogens is 241 g/mol. The lowest BCUT2D eigenvalue weighted by Gasteiger charge is -2.08. The Morgan fingerprint density at radius 2 is 2.16 bits per heavy atom. The van der Waals surface area contributed by atoms with Crippen molar-refractivity contribution >= 4 is 0 Å². The Kier molecular flexibility index (Phi) is 5.80. The smallest absolute Gasteiger partial charge is 0.128 e. The molecule has 1 N–H and O–H groups in total. The Bertz CT molecular complexity index is 390. The van der Waals surface area contributed by atoms with Crippen LogP contribution in [0.2, 0.25) is 0 Å². The minimum atomic E-state index is -0.161. The fourth-order valence-corrected chi connectivity index (χ4v) is 2.03. The van der Waals surface area contributed by atoms with Gasteiger partial charge in [-0.2, -0.15) is 0 Å². The predicted molar refractivity (Wildman–Crippen MR) is 75.4 cm³/mol. The van der Waals surface area contributed by atoms with Crippen molar-refractivity contribution in [3.8, 4) is 0 Å². The minimum absolute atomic E-state index is 0.161. The van der Waals surface area contributed by atoms with Crippen molar-refractivity contribution in [3.05, 3.63) is 35.1 Å². The van der Waals surface area contributed by atoms with Crippen molar-refractivity contribution in [2.45, 2.75) is 58.2 Å². The second-order valence-electron chi connectivity index (χ2n) is 5.34. The fourth-order valence-electron chi connectivity index (χ4n) is 2.03. The molecule has 1 aliphatic rings. The van der Waals surface area contributed by atoms with E-state index in [4.69, 9.17) is 4.74 Å². The van der Waals surface area contributed by atoms with E-state index in [1.54, 1.807) is 6.07 Å². The summed E-state index contributed by atoms with van der Waals surface area (Å²) >= 11 is 0. The summed E-state index contributed by atoms with van der Waals surface area (Å²) in [5.74, 6) is -0.161. The van der Waals surface area contributed by atoms with E-state index in [9.17, 15) is 4.39 Å².